The molecule has 4 N–H and O–H groups in total. The van der Waals surface area contributed by atoms with Crippen LogP contribution in [0.1, 0.15) is 11.1 Å². The summed E-state index contributed by atoms with van der Waals surface area (Å²) in [6.45, 7) is 0. The lowest BCUT2D eigenvalue weighted by atomic mass is 9.87. The lowest BCUT2D eigenvalue weighted by Crippen LogP contribution is -2.49. The van der Waals surface area contributed by atoms with Crippen LogP contribution in [0.25, 0.3) is 0 Å². The van der Waals surface area contributed by atoms with Crippen LogP contribution in [0.5, 0.6) is 0 Å². The first-order chi connectivity index (χ1) is 10.5. The smallest absolute Gasteiger partial charge is 0.225 e. The number of nitrogen functional groups attached to an aromatic ring is 2. The second-order valence-corrected chi connectivity index (χ2v) is 9.15. The van der Waals surface area contributed by atoms with Crippen LogP contribution in [-0.2, 0) is 4.87 Å². The van der Waals surface area contributed by atoms with Crippen molar-refractivity contribution in [2.75, 3.05) is 11.5 Å². The highest BCUT2D eigenvalue weighted by Gasteiger charge is 2.61. The van der Waals surface area contributed by atoms with Gasteiger partial charge in [0.1, 0.15) is 4.87 Å². The monoisotopic (exact) mass is 430 g/mol. The van der Waals surface area contributed by atoms with Gasteiger partial charge in [-0.25, -0.2) is 0 Å². The van der Waals surface area contributed by atoms with Gasteiger partial charge in [0, 0.05) is 11.4 Å². The third kappa shape index (κ3) is 3.44. The largest absolute Gasteiger partial charge is 0.399 e. The third-order valence-electron chi connectivity index (χ3n) is 3.41. The van der Waals surface area contributed by atoms with Crippen molar-refractivity contribution < 1.29 is 0 Å². The van der Waals surface area contributed by atoms with Crippen molar-refractivity contribution >= 4 is 81.0 Å². The predicted octanol–water partition coefficient (Wildman–Crippen LogP) is 5.88. The molecule has 2 rings (SSSR count). The third-order valence-corrected chi connectivity index (χ3v) is 6.88. The van der Waals surface area contributed by atoms with Crippen LogP contribution in [0.4, 0.5) is 11.4 Å². The van der Waals surface area contributed by atoms with Crippen molar-refractivity contribution in [3.63, 3.8) is 0 Å². The highest BCUT2D eigenvalue weighted by Crippen LogP contribution is 2.61. The summed E-state index contributed by atoms with van der Waals surface area (Å²) in [5.74, 6) is 0. The van der Waals surface area contributed by atoms with Crippen molar-refractivity contribution in [1.82, 2.24) is 0 Å². The van der Waals surface area contributed by atoms with E-state index < -0.39 is 13.0 Å². The van der Waals surface area contributed by atoms with Gasteiger partial charge in [-0.2, -0.15) is 0 Å². The fourth-order valence-electron chi connectivity index (χ4n) is 2.15. The molecule has 0 aromatic heterocycles. The summed E-state index contributed by atoms with van der Waals surface area (Å²) >= 11 is 37.8. The Morgan fingerprint density at radius 1 is 0.565 bits per heavy atom. The van der Waals surface area contributed by atoms with Crippen molar-refractivity contribution in [2.45, 2.75) is 13.0 Å². The van der Waals surface area contributed by atoms with E-state index >= 15 is 0 Å². The van der Waals surface area contributed by atoms with Gasteiger partial charge in [-0.15, -0.1) is 11.6 Å². The van der Waals surface area contributed by atoms with Crippen LogP contribution in [0.15, 0.2) is 48.5 Å². The van der Waals surface area contributed by atoms with Gasteiger partial charge >= 0.3 is 0 Å². The van der Waals surface area contributed by atoms with Crippen LogP contribution in [0, 0.1) is 0 Å². The number of nitrogens with two attached hydrogens (primary N) is 2. The van der Waals surface area contributed by atoms with Gasteiger partial charge in [0.05, 0.1) is 0 Å². The molecule has 0 aliphatic heterocycles. The summed E-state index contributed by atoms with van der Waals surface area (Å²) in [6, 6.07) is 13.3. The molecule has 0 atom stereocenters. The Labute approximate surface area is 164 Å². The molecule has 2 aromatic rings. The number of anilines is 2. The van der Waals surface area contributed by atoms with Crippen LogP contribution >= 0.6 is 69.6 Å². The number of alkyl halides is 6. The van der Waals surface area contributed by atoms with E-state index in [1.165, 1.54) is 0 Å². The zero-order valence-electron chi connectivity index (χ0n) is 11.5. The molecular formula is C15H12Cl6N2. The molecule has 0 heterocycles. The summed E-state index contributed by atoms with van der Waals surface area (Å²) in [6.07, 6.45) is 0. The van der Waals surface area contributed by atoms with Crippen LogP contribution in [0.3, 0.4) is 0 Å². The molecule has 2 aromatic carbocycles. The van der Waals surface area contributed by atoms with E-state index in [4.69, 9.17) is 81.1 Å². The normalized spacial score (nSPS) is 13.1. The van der Waals surface area contributed by atoms with Gasteiger partial charge in [-0.1, -0.05) is 82.3 Å². The Morgan fingerprint density at radius 3 is 1.13 bits per heavy atom. The number of hydrogen-bond donors (Lipinski definition) is 2. The number of hydrogen-bond acceptors (Lipinski definition) is 2. The van der Waals surface area contributed by atoms with Crippen molar-refractivity contribution in [3.8, 4) is 0 Å². The average molecular weight is 433 g/mol. The Hall–Kier alpha value is -0.220. The summed E-state index contributed by atoms with van der Waals surface area (Å²) in [5.41, 5.74) is 13.6. The Balaban J connectivity index is 2.73. The molecule has 0 aliphatic carbocycles. The van der Waals surface area contributed by atoms with Crippen LogP contribution in [0.2, 0.25) is 0 Å². The number of rotatable bonds is 3. The lowest BCUT2D eigenvalue weighted by Gasteiger charge is -2.42. The molecule has 0 aliphatic rings. The van der Waals surface area contributed by atoms with E-state index in [1.807, 2.05) is 0 Å². The van der Waals surface area contributed by atoms with Gasteiger partial charge in [-0.05, 0) is 35.4 Å². The molecule has 0 radical (unpaired) electrons. The van der Waals surface area contributed by atoms with Crippen LogP contribution < -0.4 is 11.5 Å². The fourth-order valence-corrected chi connectivity index (χ4v) is 3.55. The summed E-state index contributed by atoms with van der Waals surface area (Å²) in [7, 11) is 0. The van der Waals surface area contributed by atoms with E-state index in [0.717, 1.165) is 0 Å². The van der Waals surface area contributed by atoms with Crippen molar-refractivity contribution in [3.05, 3.63) is 59.7 Å². The maximum absolute atomic E-state index is 6.87. The van der Waals surface area contributed by atoms with E-state index in [1.54, 1.807) is 48.5 Å². The van der Waals surface area contributed by atoms with Crippen LogP contribution in [-0.4, -0.2) is 8.13 Å². The van der Waals surface area contributed by atoms with E-state index in [0.29, 0.717) is 22.5 Å². The molecule has 0 fully saturated rings. The molecule has 0 saturated carbocycles. The van der Waals surface area contributed by atoms with Gasteiger partial charge in [0.25, 0.3) is 0 Å². The van der Waals surface area contributed by atoms with Crippen molar-refractivity contribution in [1.29, 1.82) is 0 Å². The highest BCUT2D eigenvalue weighted by atomic mass is 35.6. The Kier molecular flexibility index (Phi) is 5.47. The predicted molar refractivity (Wildman–Crippen MR) is 103 cm³/mol. The average Bonchev–Trinajstić information content (AvgIpc) is 2.46. The first kappa shape index (κ1) is 19.1. The standard InChI is InChI=1S/C15H12Cl6N2/c16-13(14(17,18)15(19,20)21,9-1-5-11(22)6-2-9)10-3-7-12(23)8-4-10/h1-8H,22-23H2. The van der Waals surface area contributed by atoms with E-state index in [9.17, 15) is 0 Å². The van der Waals surface area contributed by atoms with E-state index in [2.05, 4.69) is 0 Å². The second kappa shape index (κ2) is 6.59. The molecule has 23 heavy (non-hydrogen) atoms. The molecule has 8 heteroatoms. The van der Waals surface area contributed by atoms with Gasteiger partial charge in [0.15, 0.2) is 4.33 Å². The van der Waals surface area contributed by atoms with Gasteiger partial charge < -0.3 is 11.5 Å². The zero-order chi connectivity index (χ0) is 17.5. The van der Waals surface area contributed by atoms with Gasteiger partial charge in [-0.3, -0.25) is 0 Å². The molecule has 0 bridgehead atoms. The SMILES string of the molecule is Nc1ccc(C(Cl)(c2ccc(N)cc2)C(Cl)(Cl)C(Cl)(Cl)Cl)cc1. The Morgan fingerprint density at radius 2 is 0.870 bits per heavy atom. The van der Waals surface area contributed by atoms with Crippen molar-refractivity contribution in [2.24, 2.45) is 0 Å². The molecule has 124 valence electrons. The quantitative estimate of drug-likeness (QED) is 0.470. The molecule has 0 saturated heterocycles. The molecular weight excluding hydrogens is 421 g/mol. The number of benzene rings is 2. The molecule has 2 nitrogen and oxygen atoms in total. The first-order valence-electron chi connectivity index (χ1n) is 6.35. The molecule has 0 amide bonds. The minimum Gasteiger partial charge on any atom is -0.399 e. The zero-order valence-corrected chi connectivity index (χ0v) is 16.1. The summed E-state index contributed by atoms with van der Waals surface area (Å²) in [5, 5.41) is 0. The minimum atomic E-state index is -2.07. The lowest BCUT2D eigenvalue weighted by molar-refractivity contribution is 0.616. The highest BCUT2D eigenvalue weighted by molar-refractivity contribution is 6.76. The topological polar surface area (TPSA) is 52.0 Å². The summed E-state index contributed by atoms with van der Waals surface area (Å²) < 4.78 is -4.06. The van der Waals surface area contributed by atoms with Gasteiger partial charge in [0.2, 0.25) is 3.79 Å². The number of halogens is 6. The van der Waals surface area contributed by atoms with E-state index in [-0.39, 0.29) is 0 Å². The maximum Gasteiger partial charge on any atom is 0.225 e. The molecule has 0 unspecified atom stereocenters. The first-order valence-corrected chi connectivity index (χ1v) is 8.62. The fraction of sp³-hybridized carbons (Fsp3) is 0.200. The second-order valence-electron chi connectivity index (χ2n) is 4.97. The minimum absolute atomic E-state index is 0.523. The molecule has 0 spiro atoms. The Bertz CT molecular complexity index is 631. The summed E-state index contributed by atoms with van der Waals surface area (Å²) in [4.78, 5) is -1.55. The maximum atomic E-state index is 6.87.